The van der Waals surface area contributed by atoms with Crippen molar-refractivity contribution in [1.29, 1.82) is 0 Å². The summed E-state index contributed by atoms with van der Waals surface area (Å²) in [6, 6.07) is 4.03. The molecule has 3 heterocycles. The van der Waals surface area contributed by atoms with Crippen LogP contribution in [0.2, 0.25) is 0 Å². The minimum atomic E-state index is -3.54. The quantitative estimate of drug-likeness (QED) is 0.626. The number of hydrogen-bond donors (Lipinski definition) is 0. The Hall–Kier alpha value is -0.740. The van der Waals surface area contributed by atoms with Crippen molar-refractivity contribution in [2.75, 3.05) is 52.0 Å². The van der Waals surface area contributed by atoms with E-state index in [-0.39, 0.29) is 6.04 Å². The Kier molecular flexibility index (Phi) is 6.47. The molecule has 152 valence electrons. The van der Waals surface area contributed by atoms with Gasteiger partial charge in [-0.3, -0.25) is 0 Å². The zero-order valence-corrected chi connectivity index (χ0v) is 18.6. The molecule has 0 aliphatic carbocycles. The fourth-order valence-corrected chi connectivity index (χ4v) is 6.16. The molecule has 0 radical (unpaired) electrons. The second kappa shape index (κ2) is 8.32. The van der Waals surface area contributed by atoms with Crippen molar-refractivity contribution in [2.45, 2.75) is 37.0 Å². The molecule has 2 aliphatic heterocycles. The Morgan fingerprint density at radius 2 is 1.96 bits per heavy atom. The zero-order valence-electron chi connectivity index (χ0n) is 16.1. The molecule has 0 aromatic carbocycles. The smallest absolute Gasteiger partial charge is 0.223 e. The van der Waals surface area contributed by atoms with Crippen LogP contribution >= 0.6 is 15.9 Å². The van der Waals surface area contributed by atoms with Crippen molar-refractivity contribution in [2.24, 2.45) is 0 Å². The summed E-state index contributed by atoms with van der Waals surface area (Å²) in [5, 5.41) is 0. The van der Waals surface area contributed by atoms with Gasteiger partial charge in [0.1, 0.15) is 15.2 Å². The van der Waals surface area contributed by atoms with Crippen molar-refractivity contribution in [3.8, 4) is 0 Å². The van der Waals surface area contributed by atoms with E-state index in [1.54, 1.807) is 14.1 Å². The summed E-state index contributed by atoms with van der Waals surface area (Å²) in [6.07, 6.45) is 1.81. The van der Waals surface area contributed by atoms with E-state index in [1.807, 2.05) is 12.1 Å². The molecular weight excluding hydrogens is 434 g/mol. The van der Waals surface area contributed by atoms with Crippen LogP contribution in [0.3, 0.4) is 0 Å². The molecule has 27 heavy (non-hydrogen) atoms. The Morgan fingerprint density at radius 1 is 1.26 bits per heavy atom. The first-order valence-corrected chi connectivity index (χ1v) is 11.6. The number of anilines is 1. The van der Waals surface area contributed by atoms with Gasteiger partial charge in [-0.05, 0) is 52.9 Å². The van der Waals surface area contributed by atoms with Crippen LogP contribution in [0.5, 0.6) is 0 Å². The lowest BCUT2D eigenvalue weighted by molar-refractivity contribution is 0.0726. The summed E-state index contributed by atoms with van der Waals surface area (Å²) in [5.74, 6) is 0.800. The summed E-state index contributed by atoms with van der Waals surface area (Å²) in [5.41, 5.74) is 0.776. The van der Waals surface area contributed by atoms with Gasteiger partial charge >= 0.3 is 0 Å². The second-order valence-electron chi connectivity index (χ2n) is 7.26. The Labute approximate surface area is 170 Å². The Morgan fingerprint density at radius 3 is 2.59 bits per heavy atom. The average Bonchev–Trinajstić information content (AvgIpc) is 2.67. The first kappa shape index (κ1) is 21.0. The average molecular weight is 462 g/mol. The third-order valence-corrected chi connectivity index (χ3v) is 8.57. The zero-order chi connectivity index (χ0) is 19.7. The van der Waals surface area contributed by atoms with Gasteiger partial charge in [0.25, 0.3) is 0 Å². The van der Waals surface area contributed by atoms with Crippen LogP contribution < -0.4 is 4.90 Å². The number of morpholine rings is 1. The number of aromatic nitrogens is 1. The van der Waals surface area contributed by atoms with Crippen molar-refractivity contribution in [3.05, 3.63) is 22.3 Å². The fraction of sp³-hybridized carbons (Fsp3) is 0.722. The first-order chi connectivity index (χ1) is 12.8. The van der Waals surface area contributed by atoms with Crippen LogP contribution in [0.4, 0.5) is 5.82 Å². The molecule has 1 aromatic rings. The van der Waals surface area contributed by atoms with Gasteiger partial charge in [0, 0.05) is 33.9 Å². The van der Waals surface area contributed by atoms with Crippen LogP contribution in [0.15, 0.2) is 16.7 Å². The fourth-order valence-electron chi connectivity index (χ4n) is 3.93. The summed E-state index contributed by atoms with van der Waals surface area (Å²) >= 11 is 3.51. The van der Waals surface area contributed by atoms with Crippen LogP contribution in [0, 0.1) is 0 Å². The molecule has 0 N–H and O–H groups in total. The molecule has 0 spiro atoms. The molecule has 7 nitrogen and oxygen atoms in total. The number of nitrogens with zero attached hydrogens (tertiary/aromatic N) is 3. The number of sulfonamides is 1. The lowest BCUT2D eigenvalue weighted by atomic mass is 9.91. The van der Waals surface area contributed by atoms with Gasteiger partial charge in [-0.25, -0.2) is 17.7 Å². The Balaban J connectivity index is 2.10. The monoisotopic (exact) mass is 461 g/mol. The number of halogens is 1. The molecule has 0 amide bonds. The lowest BCUT2D eigenvalue weighted by Gasteiger charge is -2.40. The topological polar surface area (TPSA) is 72.0 Å². The SMILES string of the molecule is CCC1COCCN1c1cc(C2(S(=O)(=O)N(C)C)CCOCC2)cc(Br)n1. The van der Waals surface area contributed by atoms with Crippen molar-refractivity contribution in [1.82, 2.24) is 9.29 Å². The molecule has 2 saturated heterocycles. The molecule has 9 heteroatoms. The number of pyridine rings is 1. The lowest BCUT2D eigenvalue weighted by Crippen LogP contribution is -2.48. The van der Waals surface area contributed by atoms with Gasteiger partial charge in [-0.1, -0.05) is 6.92 Å². The van der Waals surface area contributed by atoms with Gasteiger partial charge in [-0.2, -0.15) is 0 Å². The van der Waals surface area contributed by atoms with Crippen molar-refractivity contribution in [3.63, 3.8) is 0 Å². The molecule has 1 unspecified atom stereocenters. The maximum atomic E-state index is 13.3. The summed E-state index contributed by atoms with van der Waals surface area (Å²) in [4.78, 5) is 6.89. The van der Waals surface area contributed by atoms with Gasteiger partial charge in [0.2, 0.25) is 10.0 Å². The highest BCUT2D eigenvalue weighted by molar-refractivity contribution is 9.10. The summed E-state index contributed by atoms with van der Waals surface area (Å²) < 4.78 is 38.7. The molecule has 3 rings (SSSR count). The minimum absolute atomic E-state index is 0.240. The van der Waals surface area contributed by atoms with Crippen molar-refractivity contribution < 1.29 is 17.9 Å². The predicted molar refractivity (Wildman–Crippen MR) is 109 cm³/mol. The first-order valence-electron chi connectivity index (χ1n) is 9.34. The highest BCUT2D eigenvalue weighted by atomic mass is 79.9. The molecule has 0 saturated carbocycles. The number of ether oxygens (including phenoxy) is 2. The Bertz CT molecular complexity index is 766. The van der Waals surface area contributed by atoms with Gasteiger partial charge in [0.15, 0.2) is 0 Å². The van der Waals surface area contributed by atoms with E-state index in [1.165, 1.54) is 4.31 Å². The van der Waals surface area contributed by atoms with E-state index >= 15 is 0 Å². The second-order valence-corrected chi connectivity index (χ2v) is 10.5. The largest absolute Gasteiger partial charge is 0.381 e. The molecule has 2 fully saturated rings. The molecule has 1 atom stereocenters. The van der Waals surface area contributed by atoms with Crippen molar-refractivity contribution >= 4 is 31.8 Å². The van der Waals surface area contributed by atoms with Gasteiger partial charge in [-0.15, -0.1) is 0 Å². The highest BCUT2D eigenvalue weighted by Crippen LogP contribution is 2.43. The molecule has 1 aromatic heterocycles. The summed E-state index contributed by atoms with van der Waals surface area (Å²) in [6.45, 7) is 5.04. The van der Waals surface area contributed by atoms with Crippen LogP contribution in [-0.4, -0.2) is 70.8 Å². The van der Waals surface area contributed by atoms with Gasteiger partial charge in [0.05, 0.1) is 19.3 Å². The normalized spacial score (nSPS) is 23.6. The predicted octanol–water partition coefficient (Wildman–Crippen LogP) is 2.36. The van der Waals surface area contributed by atoms with E-state index in [4.69, 9.17) is 9.47 Å². The third kappa shape index (κ3) is 3.89. The third-order valence-electron chi connectivity index (χ3n) is 5.57. The minimum Gasteiger partial charge on any atom is -0.381 e. The van der Waals surface area contributed by atoms with Gasteiger partial charge < -0.3 is 14.4 Å². The van der Waals surface area contributed by atoms with E-state index in [0.29, 0.717) is 43.9 Å². The number of hydrogen-bond acceptors (Lipinski definition) is 6. The van der Waals surface area contributed by atoms with E-state index < -0.39 is 14.8 Å². The van der Waals surface area contributed by atoms with Crippen LogP contribution in [0.25, 0.3) is 0 Å². The van der Waals surface area contributed by atoms with Crippen LogP contribution in [-0.2, 0) is 24.2 Å². The maximum absolute atomic E-state index is 13.3. The summed E-state index contributed by atoms with van der Waals surface area (Å²) in [7, 11) is -0.344. The highest BCUT2D eigenvalue weighted by Gasteiger charge is 2.48. The molecular formula is C18H28BrN3O4S. The molecule has 2 aliphatic rings. The van der Waals surface area contributed by atoms with E-state index in [0.717, 1.165) is 24.3 Å². The van der Waals surface area contributed by atoms with E-state index in [9.17, 15) is 8.42 Å². The van der Waals surface area contributed by atoms with E-state index in [2.05, 4.69) is 32.7 Å². The van der Waals surface area contributed by atoms with Crippen LogP contribution in [0.1, 0.15) is 31.7 Å². The molecule has 0 bridgehead atoms. The maximum Gasteiger partial charge on any atom is 0.223 e. The number of rotatable bonds is 5. The standard InChI is InChI=1S/C18H28BrN3O4S/c1-4-15-13-26-10-7-22(15)17-12-14(11-16(19)20-17)18(5-8-25-9-6-18)27(23,24)21(2)3/h11-12,15H,4-10,13H2,1-3H3.